The minimum Gasteiger partial charge on any atom is -0.454 e. The van der Waals surface area contributed by atoms with Crippen LogP contribution in [-0.2, 0) is 0 Å². The first-order valence-corrected chi connectivity index (χ1v) is 4.67. The van der Waals surface area contributed by atoms with Crippen LogP contribution in [0, 0.1) is 11.3 Å². The summed E-state index contributed by atoms with van der Waals surface area (Å²) in [6.07, 6.45) is 3.05. The number of nitrogens with two attached hydrogens (primary N) is 1. The second-order valence-corrected chi connectivity index (χ2v) is 3.16. The predicted molar refractivity (Wildman–Crippen MR) is 59.9 cm³/mol. The predicted octanol–water partition coefficient (Wildman–Crippen LogP) is 2.33. The summed E-state index contributed by atoms with van der Waals surface area (Å²) in [6.45, 7) is 0. The van der Waals surface area contributed by atoms with Crippen molar-refractivity contribution in [1.29, 1.82) is 5.26 Å². The quantitative estimate of drug-likeness (QED) is 0.774. The number of hydrogen-bond acceptors (Lipinski definition) is 4. The van der Waals surface area contributed by atoms with Gasteiger partial charge in [-0.25, -0.2) is 0 Å². The summed E-state index contributed by atoms with van der Waals surface area (Å²) < 4.78 is 5.52. The Balaban J connectivity index is 2.31. The molecule has 0 fully saturated rings. The van der Waals surface area contributed by atoms with Gasteiger partial charge < -0.3 is 10.5 Å². The van der Waals surface area contributed by atoms with Gasteiger partial charge in [0.1, 0.15) is 11.8 Å². The number of benzene rings is 1. The molecule has 1 aromatic heterocycles. The Labute approximate surface area is 92.9 Å². The number of nitrogens with zero attached hydrogens (tertiary/aromatic N) is 2. The van der Waals surface area contributed by atoms with Gasteiger partial charge in [0.25, 0.3) is 0 Å². The molecule has 78 valence electrons. The Bertz CT molecular complexity index is 546. The summed E-state index contributed by atoms with van der Waals surface area (Å²) in [7, 11) is 0. The summed E-state index contributed by atoms with van der Waals surface area (Å²) in [5.41, 5.74) is 6.68. The second-order valence-electron chi connectivity index (χ2n) is 3.16. The lowest BCUT2D eigenvalue weighted by Gasteiger charge is -2.06. The van der Waals surface area contributed by atoms with Crippen LogP contribution in [0.4, 0.5) is 5.69 Å². The summed E-state index contributed by atoms with van der Waals surface area (Å²) in [6, 6.07) is 10.6. The topological polar surface area (TPSA) is 71.9 Å². The number of pyridine rings is 1. The zero-order chi connectivity index (χ0) is 11.4. The highest BCUT2D eigenvalue weighted by Gasteiger charge is 2.03. The lowest BCUT2D eigenvalue weighted by Crippen LogP contribution is -1.90. The SMILES string of the molecule is N#Cc1ccncc1Oc1cccc(N)c1. The lowest BCUT2D eigenvalue weighted by atomic mass is 10.2. The first-order valence-electron chi connectivity index (χ1n) is 4.67. The molecule has 0 aliphatic rings. The van der Waals surface area contributed by atoms with E-state index in [1.165, 1.54) is 6.20 Å². The maximum absolute atomic E-state index is 8.87. The average Bonchev–Trinajstić information content (AvgIpc) is 2.30. The molecule has 2 rings (SSSR count). The molecular formula is C12H9N3O. The van der Waals surface area contributed by atoms with Gasteiger partial charge >= 0.3 is 0 Å². The third-order valence-corrected chi connectivity index (χ3v) is 1.99. The maximum atomic E-state index is 8.87. The number of hydrogen-bond donors (Lipinski definition) is 1. The maximum Gasteiger partial charge on any atom is 0.163 e. The molecule has 1 heterocycles. The van der Waals surface area contributed by atoms with Crippen molar-refractivity contribution >= 4 is 5.69 Å². The molecule has 4 heteroatoms. The molecule has 16 heavy (non-hydrogen) atoms. The fourth-order valence-electron chi connectivity index (χ4n) is 1.26. The van der Waals surface area contributed by atoms with Gasteiger partial charge in [-0.05, 0) is 18.2 Å². The fourth-order valence-corrected chi connectivity index (χ4v) is 1.26. The third kappa shape index (κ3) is 2.10. The number of nitriles is 1. The molecule has 0 atom stereocenters. The lowest BCUT2D eigenvalue weighted by molar-refractivity contribution is 0.479. The molecule has 0 bridgehead atoms. The standard InChI is InChI=1S/C12H9N3O/c13-7-9-4-5-15-8-12(9)16-11-3-1-2-10(14)6-11/h1-6,8H,14H2. The van der Waals surface area contributed by atoms with Crippen LogP contribution < -0.4 is 10.5 Å². The normalized spacial score (nSPS) is 9.44. The van der Waals surface area contributed by atoms with Gasteiger partial charge in [-0.3, -0.25) is 4.98 Å². The van der Waals surface area contributed by atoms with E-state index in [2.05, 4.69) is 4.98 Å². The number of aromatic nitrogens is 1. The summed E-state index contributed by atoms with van der Waals surface area (Å²) in [4.78, 5) is 3.90. The zero-order valence-corrected chi connectivity index (χ0v) is 8.42. The van der Waals surface area contributed by atoms with Crippen LogP contribution in [0.1, 0.15) is 5.56 Å². The van der Waals surface area contributed by atoms with E-state index in [0.717, 1.165) is 0 Å². The summed E-state index contributed by atoms with van der Waals surface area (Å²) in [5, 5.41) is 8.87. The number of anilines is 1. The van der Waals surface area contributed by atoms with E-state index in [0.29, 0.717) is 22.7 Å². The van der Waals surface area contributed by atoms with Gasteiger partial charge in [-0.1, -0.05) is 6.07 Å². The van der Waals surface area contributed by atoms with Gasteiger partial charge in [-0.15, -0.1) is 0 Å². The van der Waals surface area contributed by atoms with E-state index in [1.54, 1.807) is 36.5 Å². The molecular weight excluding hydrogens is 202 g/mol. The smallest absolute Gasteiger partial charge is 0.163 e. The molecule has 2 aromatic rings. The number of rotatable bonds is 2. The van der Waals surface area contributed by atoms with Crippen LogP contribution in [0.2, 0.25) is 0 Å². The van der Waals surface area contributed by atoms with Gasteiger partial charge in [0, 0.05) is 18.0 Å². The van der Waals surface area contributed by atoms with Crippen LogP contribution in [0.3, 0.4) is 0 Å². The van der Waals surface area contributed by atoms with Crippen molar-refractivity contribution in [1.82, 2.24) is 4.98 Å². The van der Waals surface area contributed by atoms with E-state index < -0.39 is 0 Å². The highest BCUT2D eigenvalue weighted by molar-refractivity contribution is 5.47. The molecule has 2 N–H and O–H groups in total. The van der Waals surface area contributed by atoms with Gasteiger partial charge in [0.05, 0.1) is 11.8 Å². The van der Waals surface area contributed by atoms with Crippen LogP contribution in [0.15, 0.2) is 42.7 Å². The molecule has 4 nitrogen and oxygen atoms in total. The van der Waals surface area contributed by atoms with Gasteiger partial charge in [0.2, 0.25) is 0 Å². The minimum atomic E-state index is 0.426. The Hall–Kier alpha value is -2.54. The van der Waals surface area contributed by atoms with Crippen molar-refractivity contribution in [3.05, 3.63) is 48.3 Å². The van der Waals surface area contributed by atoms with E-state index in [-0.39, 0.29) is 0 Å². The molecule has 0 spiro atoms. The molecule has 0 saturated heterocycles. The average molecular weight is 211 g/mol. The highest BCUT2D eigenvalue weighted by atomic mass is 16.5. The van der Waals surface area contributed by atoms with E-state index in [1.807, 2.05) is 6.07 Å². The van der Waals surface area contributed by atoms with Crippen molar-refractivity contribution < 1.29 is 4.74 Å². The van der Waals surface area contributed by atoms with Gasteiger partial charge in [0.15, 0.2) is 5.75 Å². The molecule has 0 radical (unpaired) electrons. The van der Waals surface area contributed by atoms with Crippen LogP contribution in [0.25, 0.3) is 0 Å². The first kappa shape index (κ1) is 9.99. The largest absolute Gasteiger partial charge is 0.454 e. The van der Waals surface area contributed by atoms with Crippen LogP contribution in [0.5, 0.6) is 11.5 Å². The molecule has 0 saturated carbocycles. The third-order valence-electron chi connectivity index (χ3n) is 1.99. The number of nitrogen functional groups attached to an aromatic ring is 1. The fraction of sp³-hybridized carbons (Fsp3) is 0. The summed E-state index contributed by atoms with van der Waals surface area (Å²) in [5.74, 6) is 1.01. The Kier molecular flexibility index (Phi) is 2.70. The van der Waals surface area contributed by atoms with Crippen molar-refractivity contribution in [3.63, 3.8) is 0 Å². The molecule has 0 unspecified atom stereocenters. The molecule has 0 aliphatic heterocycles. The van der Waals surface area contributed by atoms with Crippen molar-refractivity contribution in [2.75, 3.05) is 5.73 Å². The molecule has 0 amide bonds. The Morgan fingerprint density at radius 2 is 2.19 bits per heavy atom. The Morgan fingerprint density at radius 1 is 1.31 bits per heavy atom. The van der Waals surface area contributed by atoms with E-state index >= 15 is 0 Å². The van der Waals surface area contributed by atoms with Crippen molar-refractivity contribution in [2.24, 2.45) is 0 Å². The zero-order valence-electron chi connectivity index (χ0n) is 8.42. The minimum absolute atomic E-state index is 0.426. The Morgan fingerprint density at radius 3 is 2.94 bits per heavy atom. The van der Waals surface area contributed by atoms with Crippen molar-refractivity contribution in [3.8, 4) is 17.6 Å². The molecule has 1 aromatic carbocycles. The highest BCUT2D eigenvalue weighted by Crippen LogP contribution is 2.24. The monoisotopic (exact) mass is 211 g/mol. The van der Waals surface area contributed by atoms with Crippen LogP contribution in [-0.4, -0.2) is 4.98 Å². The van der Waals surface area contributed by atoms with E-state index in [4.69, 9.17) is 15.7 Å². The van der Waals surface area contributed by atoms with Gasteiger partial charge in [-0.2, -0.15) is 5.26 Å². The first-order chi connectivity index (χ1) is 7.79. The second kappa shape index (κ2) is 4.32. The number of ether oxygens (including phenoxy) is 1. The molecule has 0 aliphatic carbocycles. The van der Waals surface area contributed by atoms with Crippen molar-refractivity contribution in [2.45, 2.75) is 0 Å². The van der Waals surface area contributed by atoms with Crippen LogP contribution >= 0.6 is 0 Å². The van der Waals surface area contributed by atoms with E-state index in [9.17, 15) is 0 Å². The summed E-state index contributed by atoms with van der Waals surface area (Å²) >= 11 is 0.